The van der Waals surface area contributed by atoms with Gasteiger partial charge in [0.05, 0.1) is 0 Å². The molecule has 0 fully saturated rings. The zero-order chi connectivity index (χ0) is 12.8. The minimum atomic E-state index is 0.838. The van der Waals surface area contributed by atoms with E-state index < -0.39 is 0 Å². The molecule has 0 aliphatic heterocycles. The molecule has 0 amide bonds. The van der Waals surface area contributed by atoms with Crippen molar-refractivity contribution in [3.05, 3.63) is 51.7 Å². The second kappa shape index (κ2) is 6.57. The molecule has 18 heavy (non-hydrogen) atoms. The van der Waals surface area contributed by atoms with Crippen LogP contribution in [0, 0.1) is 6.92 Å². The van der Waals surface area contributed by atoms with E-state index in [2.05, 4.69) is 36.5 Å². The van der Waals surface area contributed by atoms with Crippen LogP contribution in [-0.2, 0) is 13.0 Å². The fourth-order valence-corrected chi connectivity index (χ4v) is 2.75. The van der Waals surface area contributed by atoms with E-state index in [0.717, 1.165) is 31.6 Å². The highest BCUT2D eigenvalue weighted by molar-refractivity contribution is 7.11. The molecule has 0 saturated carbocycles. The fourth-order valence-electron chi connectivity index (χ4n) is 1.89. The summed E-state index contributed by atoms with van der Waals surface area (Å²) in [5.74, 6) is 0. The first-order valence-corrected chi connectivity index (χ1v) is 7.16. The monoisotopic (exact) mass is 260 g/mol. The molecule has 2 aromatic rings. The average molecular weight is 260 g/mol. The van der Waals surface area contributed by atoms with Gasteiger partial charge in [0, 0.05) is 22.0 Å². The highest BCUT2D eigenvalue weighted by Gasteiger charge is 1.96. The third-order valence-corrected chi connectivity index (χ3v) is 3.89. The molecule has 2 nitrogen and oxygen atoms in total. The first kappa shape index (κ1) is 13.1. The van der Waals surface area contributed by atoms with Crippen molar-refractivity contribution in [3.8, 4) is 0 Å². The van der Waals surface area contributed by atoms with Crippen LogP contribution in [0.25, 0.3) is 0 Å². The zero-order valence-electron chi connectivity index (χ0n) is 10.8. The first-order valence-electron chi connectivity index (χ1n) is 6.34. The number of rotatable bonds is 6. The highest BCUT2D eigenvalue weighted by atomic mass is 32.1. The van der Waals surface area contributed by atoms with E-state index in [1.807, 2.05) is 23.5 Å². The van der Waals surface area contributed by atoms with E-state index in [4.69, 9.17) is 5.73 Å². The van der Waals surface area contributed by atoms with Crippen LogP contribution in [-0.4, -0.2) is 6.54 Å². The molecule has 0 atom stereocenters. The third kappa shape index (κ3) is 4.17. The van der Waals surface area contributed by atoms with E-state index in [1.165, 1.54) is 15.3 Å². The summed E-state index contributed by atoms with van der Waals surface area (Å²) in [7, 11) is 0. The molecule has 3 N–H and O–H groups in total. The summed E-state index contributed by atoms with van der Waals surface area (Å²) in [6.07, 6.45) is 2.27. The Morgan fingerprint density at radius 3 is 2.56 bits per heavy atom. The van der Waals surface area contributed by atoms with E-state index in [1.54, 1.807) is 0 Å². The SMILES string of the molecule is Cc1ccc(CNCCCc2ccc(N)cc2)s1. The minimum absolute atomic E-state index is 0.838. The predicted octanol–water partition coefficient (Wildman–Crippen LogP) is 3.36. The van der Waals surface area contributed by atoms with Gasteiger partial charge in [-0.2, -0.15) is 0 Å². The van der Waals surface area contributed by atoms with Crippen molar-refractivity contribution < 1.29 is 0 Å². The molecule has 0 saturated heterocycles. The Morgan fingerprint density at radius 2 is 1.89 bits per heavy atom. The van der Waals surface area contributed by atoms with Crippen LogP contribution in [0.15, 0.2) is 36.4 Å². The molecule has 2 rings (SSSR count). The quantitative estimate of drug-likeness (QED) is 0.617. The lowest BCUT2D eigenvalue weighted by Gasteiger charge is -2.04. The zero-order valence-corrected chi connectivity index (χ0v) is 11.6. The maximum atomic E-state index is 5.66. The molecule has 0 bridgehead atoms. The van der Waals surface area contributed by atoms with Gasteiger partial charge in [0.25, 0.3) is 0 Å². The van der Waals surface area contributed by atoms with Gasteiger partial charge < -0.3 is 11.1 Å². The Morgan fingerprint density at radius 1 is 1.11 bits per heavy atom. The number of nitrogens with one attached hydrogen (secondary N) is 1. The summed E-state index contributed by atoms with van der Waals surface area (Å²) in [5.41, 5.74) is 7.86. The standard InChI is InChI=1S/C15H20N2S/c1-12-4-9-15(18-12)11-17-10-2-3-13-5-7-14(16)8-6-13/h4-9,17H,2-3,10-11,16H2,1H3. The van der Waals surface area contributed by atoms with Crippen LogP contribution in [0.2, 0.25) is 0 Å². The van der Waals surface area contributed by atoms with Crippen LogP contribution in [0.1, 0.15) is 21.7 Å². The van der Waals surface area contributed by atoms with Crippen LogP contribution in [0.5, 0.6) is 0 Å². The van der Waals surface area contributed by atoms with E-state index in [-0.39, 0.29) is 0 Å². The van der Waals surface area contributed by atoms with Crippen LogP contribution in [0.4, 0.5) is 5.69 Å². The lowest BCUT2D eigenvalue weighted by molar-refractivity contribution is 0.654. The highest BCUT2D eigenvalue weighted by Crippen LogP contribution is 2.14. The Bertz CT molecular complexity index is 473. The lowest BCUT2D eigenvalue weighted by atomic mass is 10.1. The second-order valence-electron chi connectivity index (χ2n) is 4.53. The Labute approximate surface area is 113 Å². The Hall–Kier alpha value is -1.32. The van der Waals surface area contributed by atoms with Gasteiger partial charge in [-0.3, -0.25) is 0 Å². The third-order valence-electron chi connectivity index (χ3n) is 2.89. The van der Waals surface area contributed by atoms with Crippen LogP contribution < -0.4 is 11.1 Å². The largest absolute Gasteiger partial charge is 0.399 e. The number of thiophene rings is 1. The summed E-state index contributed by atoms with van der Waals surface area (Å²) in [6.45, 7) is 4.19. The maximum absolute atomic E-state index is 5.66. The summed E-state index contributed by atoms with van der Waals surface area (Å²) in [4.78, 5) is 2.80. The van der Waals surface area contributed by atoms with Gasteiger partial charge in [-0.15, -0.1) is 11.3 Å². The topological polar surface area (TPSA) is 38.0 Å². The van der Waals surface area contributed by atoms with Gasteiger partial charge >= 0.3 is 0 Å². The van der Waals surface area contributed by atoms with Gasteiger partial charge in [-0.25, -0.2) is 0 Å². The number of nitrogen functional groups attached to an aromatic ring is 1. The smallest absolute Gasteiger partial charge is 0.0314 e. The van der Waals surface area contributed by atoms with E-state index in [0.29, 0.717) is 0 Å². The number of hydrogen-bond acceptors (Lipinski definition) is 3. The molecule has 0 radical (unpaired) electrons. The molecule has 1 heterocycles. The van der Waals surface area contributed by atoms with Crippen molar-refractivity contribution in [2.75, 3.05) is 12.3 Å². The first-order chi connectivity index (χ1) is 8.74. The van der Waals surface area contributed by atoms with E-state index >= 15 is 0 Å². The summed E-state index contributed by atoms with van der Waals surface area (Å²) < 4.78 is 0. The van der Waals surface area contributed by atoms with E-state index in [9.17, 15) is 0 Å². The number of aryl methyl sites for hydroxylation is 2. The molecule has 0 spiro atoms. The molecular formula is C15H20N2S. The Kier molecular flexibility index (Phi) is 4.79. The van der Waals surface area contributed by atoms with Gasteiger partial charge in [-0.1, -0.05) is 12.1 Å². The van der Waals surface area contributed by atoms with Crippen LogP contribution in [0.3, 0.4) is 0 Å². The molecule has 96 valence electrons. The van der Waals surface area contributed by atoms with Crippen molar-refractivity contribution in [2.45, 2.75) is 26.3 Å². The van der Waals surface area contributed by atoms with Gasteiger partial charge in [0.2, 0.25) is 0 Å². The molecular weight excluding hydrogens is 240 g/mol. The second-order valence-corrected chi connectivity index (χ2v) is 5.91. The van der Waals surface area contributed by atoms with Crippen molar-refractivity contribution in [1.29, 1.82) is 0 Å². The van der Waals surface area contributed by atoms with Crippen molar-refractivity contribution in [3.63, 3.8) is 0 Å². The molecule has 3 heteroatoms. The van der Waals surface area contributed by atoms with Gasteiger partial charge in [0.15, 0.2) is 0 Å². The van der Waals surface area contributed by atoms with Crippen molar-refractivity contribution in [2.24, 2.45) is 0 Å². The molecule has 1 aromatic carbocycles. The summed E-state index contributed by atoms with van der Waals surface area (Å²) in [5, 5.41) is 3.48. The molecule has 0 unspecified atom stereocenters. The predicted molar refractivity (Wildman–Crippen MR) is 79.9 cm³/mol. The van der Waals surface area contributed by atoms with Crippen molar-refractivity contribution in [1.82, 2.24) is 5.32 Å². The van der Waals surface area contributed by atoms with Crippen LogP contribution >= 0.6 is 11.3 Å². The number of nitrogens with two attached hydrogens (primary N) is 1. The number of anilines is 1. The Balaban J connectivity index is 1.63. The maximum Gasteiger partial charge on any atom is 0.0314 e. The molecule has 1 aromatic heterocycles. The number of benzene rings is 1. The minimum Gasteiger partial charge on any atom is -0.399 e. The van der Waals surface area contributed by atoms with Gasteiger partial charge in [-0.05, 0) is 56.1 Å². The van der Waals surface area contributed by atoms with Gasteiger partial charge in [0.1, 0.15) is 0 Å². The normalized spacial score (nSPS) is 10.7. The number of hydrogen-bond donors (Lipinski definition) is 2. The fraction of sp³-hybridized carbons (Fsp3) is 0.333. The molecule has 0 aliphatic rings. The molecule has 0 aliphatic carbocycles. The summed E-state index contributed by atoms with van der Waals surface area (Å²) in [6, 6.07) is 12.5. The lowest BCUT2D eigenvalue weighted by Crippen LogP contribution is -2.14. The average Bonchev–Trinajstić information content (AvgIpc) is 2.77. The summed E-state index contributed by atoms with van der Waals surface area (Å²) >= 11 is 1.87. The van der Waals surface area contributed by atoms with Crippen molar-refractivity contribution >= 4 is 17.0 Å².